The Morgan fingerprint density at radius 2 is 2.11 bits per heavy atom. The smallest absolute Gasteiger partial charge is 0.244 e. The number of benzene rings is 1. The Kier molecular flexibility index (Phi) is 5.13. The van der Waals surface area contributed by atoms with Crippen LogP contribution in [-0.2, 0) is 10.0 Å². The first-order chi connectivity index (χ1) is 8.40. The molecule has 0 aliphatic carbocycles. The molecule has 0 amide bonds. The van der Waals surface area contributed by atoms with Gasteiger partial charge in [-0.1, -0.05) is 13.0 Å². The third-order valence-electron chi connectivity index (χ3n) is 2.67. The van der Waals surface area contributed by atoms with Crippen molar-refractivity contribution in [2.75, 3.05) is 13.7 Å². The molecule has 1 atom stereocenters. The van der Waals surface area contributed by atoms with Gasteiger partial charge >= 0.3 is 0 Å². The topological polar surface area (TPSA) is 81.4 Å². The first kappa shape index (κ1) is 14.9. The van der Waals surface area contributed by atoms with E-state index in [1.807, 2.05) is 13.8 Å². The Bertz CT molecular complexity index is 500. The third kappa shape index (κ3) is 3.69. The van der Waals surface area contributed by atoms with Gasteiger partial charge in [0, 0.05) is 12.6 Å². The van der Waals surface area contributed by atoms with Crippen LogP contribution in [-0.4, -0.2) is 28.1 Å². The first-order valence-electron chi connectivity index (χ1n) is 5.80. The maximum Gasteiger partial charge on any atom is 0.244 e. The number of sulfonamides is 1. The number of methoxy groups -OCH3 is 1. The summed E-state index contributed by atoms with van der Waals surface area (Å²) in [6.45, 7) is 3.96. The van der Waals surface area contributed by atoms with Crippen LogP contribution in [0.15, 0.2) is 23.1 Å². The molecule has 5 nitrogen and oxygen atoms in total. The molecule has 0 saturated heterocycles. The van der Waals surface area contributed by atoms with Gasteiger partial charge in [-0.2, -0.15) is 0 Å². The summed E-state index contributed by atoms with van der Waals surface area (Å²) in [4.78, 5) is 0.147. The highest BCUT2D eigenvalue weighted by Gasteiger charge is 2.19. The molecule has 1 unspecified atom stereocenters. The van der Waals surface area contributed by atoms with E-state index < -0.39 is 10.0 Å². The van der Waals surface area contributed by atoms with Crippen LogP contribution in [0.25, 0.3) is 0 Å². The molecule has 1 aromatic rings. The normalized spacial score (nSPS) is 13.3. The van der Waals surface area contributed by atoms with Gasteiger partial charge < -0.3 is 10.5 Å². The second-order valence-corrected chi connectivity index (χ2v) is 5.91. The summed E-state index contributed by atoms with van der Waals surface area (Å²) in [7, 11) is -2.14. The zero-order valence-electron chi connectivity index (χ0n) is 10.9. The molecule has 0 saturated carbocycles. The fraction of sp³-hybridized carbons (Fsp3) is 0.500. The van der Waals surface area contributed by atoms with Gasteiger partial charge in [0.2, 0.25) is 10.0 Å². The van der Waals surface area contributed by atoms with Crippen LogP contribution in [0.1, 0.15) is 18.9 Å². The minimum atomic E-state index is -3.59. The average molecular weight is 272 g/mol. The zero-order valence-corrected chi connectivity index (χ0v) is 11.8. The van der Waals surface area contributed by atoms with Gasteiger partial charge in [0.25, 0.3) is 0 Å². The molecule has 0 aliphatic heterocycles. The van der Waals surface area contributed by atoms with Crippen LogP contribution < -0.4 is 15.2 Å². The van der Waals surface area contributed by atoms with E-state index in [2.05, 4.69) is 4.72 Å². The van der Waals surface area contributed by atoms with Crippen LogP contribution in [0.3, 0.4) is 0 Å². The highest BCUT2D eigenvalue weighted by Crippen LogP contribution is 2.24. The summed E-state index contributed by atoms with van der Waals surface area (Å²) in [6.07, 6.45) is 0.716. The van der Waals surface area contributed by atoms with E-state index in [0.29, 0.717) is 12.2 Å². The van der Waals surface area contributed by atoms with Crippen LogP contribution in [0.4, 0.5) is 0 Å². The predicted octanol–water partition coefficient (Wildman–Crippen LogP) is 1.02. The number of nitrogens with two attached hydrogens (primary N) is 1. The largest absolute Gasteiger partial charge is 0.495 e. The molecule has 0 radical (unpaired) electrons. The van der Waals surface area contributed by atoms with Crippen LogP contribution in [0, 0.1) is 6.92 Å². The Balaban J connectivity index is 3.00. The van der Waals surface area contributed by atoms with E-state index in [1.54, 1.807) is 18.2 Å². The molecule has 102 valence electrons. The van der Waals surface area contributed by atoms with E-state index in [1.165, 1.54) is 7.11 Å². The van der Waals surface area contributed by atoms with E-state index in [9.17, 15) is 8.42 Å². The van der Waals surface area contributed by atoms with Gasteiger partial charge in [-0.3, -0.25) is 0 Å². The zero-order chi connectivity index (χ0) is 13.8. The van der Waals surface area contributed by atoms with E-state index in [4.69, 9.17) is 10.5 Å². The maximum absolute atomic E-state index is 12.1. The number of hydrogen-bond acceptors (Lipinski definition) is 4. The summed E-state index contributed by atoms with van der Waals surface area (Å²) < 4.78 is 31.8. The van der Waals surface area contributed by atoms with Crippen molar-refractivity contribution in [2.24, 2.45) is 5.73 Å². The molecule has 0 aliphatic rings. The van der Waals surface area contributed by atoms with Crippen molar-refractivity contribution in [2.45, 2.75) is 31.2 Å². The molecule has 0 bridgehead atoms. The lowest BCUT2D eigenvalue weighted by Gasteiger charge is -2.13. The Hall–Kier alpha value is -1.11. The third-order valence-corrected chi connectivity index (χ3v) is 4.11. The molecule has 18 heavy (non-hydrogen) atoms. The molecular formula is C12H20N2O3S. The Morgan fingerprint density at radius 1 is 1.44 bits per heavy atom. The fourth-order valence-electron chi connectivity index (χ4n) is 1.43. The molecule has 0 spiro atoms. The molecule has 0 heterocycles. The quantitative estimate of drug-likeness (QED) is 0.810. The van der Waals surface area contributed by atoms with Crippen LogP contribution in [0.5, 0.6) is 5.75 Å². The number of rotatable bonds is 6. The van der Waals surface area contributed by atoms with Crippen LogP contribution >= 0.6 is 0 Å². The van der Waals surface area contributed by atoms with Crippen molar-refractivity contribution in [1.29, 1.82) is 0 Å². The second-order valence-electron chi connectivity index (χ2n) is 4.17. The first-order valence-corrected chi connectivity index (χ1v) is 7.29. The monoisotopic (exact) mass is 272 g/mol. The van der Waals surface area contributed by atoms with Crippen LogP contribution in [0.2, 0.25) is 0 Å². The number of hydrogen-bond donors (Lipinski definition) is 2. The summed E-state index contributed by atoms with van der Waals surface area (Å²) in [6, 6.07) is 4.84. The summed E-state index contributed by atoms with van der Waals surface area (Å²) in [5.41, 5.74) is 6.56. The number of nitrogens with one attached hydrogen (secondary N) is 1. The van der Waals surface area contributed by atoms with Gasteiger partial charge in [0.15, 0.2) is 0 Å². The predicted molar refractivity (Wildman–Crippen MR) is 71.2 cm³/mol. The molecular weight excluding hydrogens is 252 g/mol. The number of aryl methyl sites for hydroxylation is 1. The van der Waals surface area contributed by atoms with Crippen molar-refractivity contribution < 1.29 is 13.2 Å². The summed E-state index contributed by atoms with van der Waals surface area (Å²) in [5, 5.41) is 0. The fourth-order valence-corrected chi connectivity index (χ4v) is 2.78. The summed E-state index contributed by atoms with van der Waals surface area (Å²) >= 11 is 0. The lowest BCUT2D eigenvalue weighted by molar-refractivity contribution is 0.402. The number of ether oxygens (including phenoxy) is 1. The van der Waals surface area contributed by atoms with Gasteiger partial charge in [0.05, 0.1) is 7.11 Å². The van der Waals surface area contributed by atoms with E-state index in [0.717, 1.165) is 5.56 Å². The van der Waals surface area contributed by atoms with Crippen molar-refractivity contribution in [3.63, 3.8) is 0 Å². The van der Waals surface area contributed by atoms with Gasteiger partial charge in [0.1, 0.15) is 10.6 Å². The molecule has 3 N–H and O–H groups in total. The Morgan fingerprint density at radius 3 is 2.67 bits per heavy atom. The SMILES string of the molecule is CCC(N)CNS(=O)(=O)c1cc(C)ccc1OC. The second kappa shape index (κ2) is 6.17. The van der Waals surface area contributed by atoms with Gasteiger partial charge in [-0.25, -0.2) is 13.1 Å². The minimum absolute atomic E-state index is 0.147. The van der Waals surface area contributed by atoms with E-state index >= 15 is 0 Å². The average Bonchev–Trinajstić information content (AvgIpc) is 2.36. The lowest BCUT2D eigenvalue weighted by Crippen LogP contribution is -2.36. The van der Waals surface area contributed by atoms with Crippen molar-refractivity contribution in [3.8, 4) is 5.75 Å². The summed E-state index contributed by atoms with van der Waals surface area (Å²) in [5.74, 6) is 0.332. The minimum Gasteiger partial charge on any atom is -0.495 e. The highest BCUT2D eigenvalue weighted by molar-refractivity contribution is 7.89. The van der Waals surface area contributed by atoms with E-state index in [-0.39, 0.29) is 17.5 Å². The van der Waals surface area contributed by atoms with Gasteiger partial charge in [-0.05, 0) is 31.0 Å². The van der Waals surface area contributed by atoms with Crippen molar-refractivity contribution in [3.05, 3.63) is 23.8 Å². The van der Waals surface area contributed by atoms with Crippen molar-refractivity contribution >= 4 is 10.0 Å². The maximum atomic E-state index is 12.1. The molecule has 1 rings (SSSR count). The standard InChI is InChI=1S/C12H20N2O3S/c1-4-10(13)8-14-18(15,16)12-7-9(2)5-6-11(12)17-3/h5-7,10,14H,4,8,13H2,1-3H3. The molecule has 0 fully saturated rings. The molecule has 0 aromatic heterocycles. The molecule has 6 heteroatoms. The lowest BCUT2D eigenvalue weighted by atomic mass is 10.2. The Labute approximate surface area is 108 Å². The van der Waals surface area contributed by atoms with Crippen molar-refractivity contribution in [1.82, 2.24) is 4.72 Å². The van der Waals surface area contributed by atoms with Gasteiger partial charge in [-0.15, -0.1) is 0 Å². The molecule has 1 aromatic carbocycles. The highest BCUT2D eigenvalue weighted by atomic mass is 32.2.